The van der Waals surface area contributed by atoms with Crippen LogP contribution in [0, 0.1) is 6.92 Å². The molecule has 0 aliphatic heterocycles. The number of phenolic OH excluding ortho intramolecular Hbond substituents is 1. The summed E-state index contributed by atoms with van der Waals surface area (Å²) in [5, 5.41) is 25.2. The van der Waals surface area contributed by atoms with Crippen molar-refractivity contribution >= 4 is 17.7 Å². The van der Waals surface area contributed by atoms with Crippen LogP contribution in [-0.2, 0) is 4.79 Å². The summed E-state index contributed by atoms with van der Waals surface area (Å²) in [7, 11) is 0. The van der Waals surface area contributed by atoms with Crippen molar-refractivity contribution in [3.05, 3.63) is 23.8 Å². The smallest absolute Gasteiger partial charge is 0.313 e. The molecule has 0 amide bonds. The predicted octanol–water partition coefficient (Wildman–Crippen LogP) is 1.66. The number of nitrogens with zero attached hydrogens (tertiary/aromatic N) is 2. The number of aliphatic carboxylic acids is 1. The Morgan fingerprint density at radius 1 is 1.50 bits per heavy atom. The van der Waals surface area contributed by atoms with E-state index in [9.17, 15) is 9.90 Å². The van der Waals surface area contributed by atoms with Crippen molar-refractivity contribution in [2.75, 3.05) is 5.75 Å². The largest absolute Gasteiger partial charge is 0.508 e. The first-order valence-corrected chi connectivity index (χ1v) is 6.12. The maximum absolute atomic E-state index is 10.4. The molecule has 18 heavy (non-hydrogen) atoms. The topological polar surface area (TPSA) is 99.1 Å². The number of nitrogens with one attached hydrogen (secondary N) is 1. The van der Waals surface area contributed by atoms with E-state index in [1.807, 2.05) is 0 Å². The van der Waals surface area contributed by atoms with E-state index in [1.54, 1.807) is 25.1 Å². The van der Waals surface area contributed by atoms with Gasteiger partial charge in [0.15, 0.2) is 5.82 Å². The highest BCUT2D eigenvalue weighted by atomic mass is 32.2. The number of aromatic hydroxyl groups is 1. The molecular weight excluding hydrogens is 254 g/mol. The number of H-pyrrole nitrogens is 1. The minimum Gasteiger partial charge on any atom is -0.508 e. The lowest BCUT2D eigenvalue weighted by Crippen LogP contribution is -1.97. The van der Waals surface area contributed by atoms with Gasteiger partial charge in [0.05, 0.1) is 5.75 Å². The summed E-state index contributed by atoms with van der Waals surface area (Å²) in [5.74, 6) is -0.309. The normalized spacial score (nSPS) is 10.5. The van der Waals surface area contributed by atoms with Gasteiger partial charge in [0, 0.05) is 11.1 Å². The maximum atomic E-state index is 10.4. The van der Waals surface area contributed by atoms with Gasteiger partial charge in [0.25, 0.3) is 0 Å². The molecule has 7 heteroatoms. The summed E-state index contributed by atoms with van der Waals surface area (Å²) in [5.41, 5.74) is 1.44. The number of thioether (sulfide) groups is 1. The van der Waals surface area contributed by atoms with E-state index in [0.29, 0.717) is 16.5 Å². The van der Waals surface area contributed by atoms with Gasteiger partial charge >= 0.3 is 5.97 Å². The molecule has 1 aromatic heterocycles. The Morgan fingerprint density at radius 3 is 3.00 bits per heavy atom. The summed E-state index contributed by atoms with van der Waals surface area (Å²) < 4.78 is 0. The SMILES string of the molecule is Cc1c(O)cccc1-c1nc(SCC(=O)O)n[nH]1. The Kier molecular flexibility index (Phi) is 3.52. The first kappa shape index (κ1) is 12.4. The number of aromatic nitrogens is 3. The van der Waals surface area contributed by atoms with Crippen molar-refractivity contribution in [2.24, 2.45) is 0 Å². The molecule has 0 radical (unpaired) electrons. The number of carboxylic acid groups (broad SMARTS) is 1. The number of hydrogen-bond donors (Lipinski definition) is 3. The number of rotatable bonds is 4. The highest BCUT2D eigenvalue weighted by Gasteiger charge is 2.11. The molecule has 0 aliphatic carbocycles. The van der Waals surface area contributed by atoms with Gasteiger partial charge in [0.2, 0.25) is 5.16 Å². The van der Waals surface area contributed by atoms with Crippen LogP contribution < -0.4 is 0 Å². The van der Waals surface area contributed by atoms with Gasteiger partial charge in [0.1, 0.15) is 5.75 Å². The van der Waals surface area contributed by atoms with Crippen molar-refractivity contribution in [2.45, 2.75) is 12.1 Å². The summed E-state index contributed by atoms with van der Waals surface area (Å²) in [6, 6.07) is 5.11. The minimum atomic E-state index is -0.917. The second-order valence-electron chi connectivity index (χ2n) is 3.60. The summed E-state index contributed by atoms with van der Waals surface area (Å²) in [4.78, 5) is 14.6. The fourth-order valence-corrected chi connectivity index (χ4v) is 1.96. The van der Waals surface area contributed by atoms with Crippen LogP contribution in [0.3, 0.4) is 0 Å². The molecule has 0 spiro atoms. The van der Waals surface area contributed by atoms with E-state index in [1.165, 1.54) is 0 Å². The molecule has 2 rings (SSSR count). The molecule has 0 saturated carbocycles. The molecule has 0 saturated heterocycles. The molecule has 3 N–H and O–H groups in total. The Labute approximate surface area is 107 Å². The number of benzene rings is 1. The first-order chi connectivity index (χ1) is 8.58. The minimum absolute atomic E-state index is 0.0870. The van der Waals surface area contributed by atoms with Gasteiger partial charge in [-0.3, -0.25) is 9.89 Å². The zero-order valence-corrected chi connectivity index (χ0v) is 10.4. The van der Waals surface area contributed by atoms with Gasteiger partial charge in [-0.05, 0) is 13.0 Å². The van der Waals surface area contributed by atoms with E-state index in [4.69, 9.17) is 5.11 Å². The lowest BCUT2D eigenvalue weighted by Gasteiger charge is -2.03. The standard InChI is InChI=1S/C11H11N3O3S/c1-6-7(3-2-4-8(6)15)10-12-11(14-13-10)18-5-9(16)17/h2-4,15H,5H2,1H3,(H,16,17)(H,12,13,14). The van der Waals surface area contributed by atoms with Crippen molar-refractivity contribution < 1.29 is 15.0 Å². The number of carboxylic acids is 1. The molecule has 2 aromatic rings. The van der Waals surface area contributed by atoms with E-state index < -0.39 is 5.97 Å². The summed E-state index contributed by atoms with van der Waals surface area (Å²) in [6.07, 6.45) is 0. The zero-order chi connectivity index (χ0) is 13.1. The average molecular weight is 265 g/mol. The highest BCUT2D eigenvalue weighted by Crippen LogP contribution is 2.27. The summed E-state index contributed by atoms with van der Waals surface area (Å²) >= 11 is 1.04. The molecule has 0 atom stereocenters. The lowest BCUT2D eigenvalue weighted by atomic mass is 10.1. The summed E-state index contributed by atoms with van der Waals surface area (Å²) in [6.45, 7) is 1.78. The Bertz CT molecular complexity index is 583. The first-order valence-electron chi connectivity index (χ1n) is 5.14. The third-order valence-corrected chi connectivity index (χ3v) is 3.18. The monoisotopic (exact) mass is 265 g/mol. The van der Waals surface area contributed by atoms with Crippen LogP contribution in [0.25, 0.3) is 11.4 Å². The molecule has 1 aromatic carbocycles. The quantitative estimate of drug-likeness (QED) is 0.727. The number of aromatic amines is 1. The molecule has 6 nitrogen and oxygen atoms in total. The van der Waals surface area contributed by atoms with Crippen LogP contribution in [0.1, 0.15) is 5.56 Å². The van der Waals surface area contributed by atoms with Crippen LogP contribution in [-0.4, -0.2) is 37.1 Å². The fraction of sp³-hybridized carbons (Fsp3) is 0.182. The molecular formula is C11H11N3O3S. The lowest BCUT2D eigenvalue weighted by molar-refractivity contribution is -0.133. The third-order valence-electron chi connectivity index (χ3n) is 2.35. The molecule has 0 fully saturated rings. The van der Waals surface area contributed by atoms with Gasteiger partial charge in [-0.2, -0.15) is 0 Å². The number of carbonyl (C=O) groups is 1. The van der Waals surface area contributed by atoms with Gasteiger partial charge in [-0.1, -0.05) is 23.9 Å². The van der Waals surface area contributed by atoms with Crippen molar-refractivity contribution in [3.63, 3.8) is 0 Å². The van der Waals surface area contributed by atoms with Crippen molar-refractivity contribution in [1.29, 1.82) is 0 Å². The van der Waals surface area contributed by atoms with Crippen molar-refractivity contribution in [3.8, 4) is 17.1 Å². The fourth-order valence-electron chi connectivity index (χ4n) is 1.44. The van der Waals surface area contributed by atoms with Crippen LogP contribution >= 0.6 is 11.8 Å². The average Bonchev–Trinajstić information content (AvgIpc) is 2.78. The van der Waals surface area contributed by atoms with E-state index in [-0.39, 0.29) is 11.5 Å². The number of phenols is 1. The van der Waals surface area contributed by atoms with Gasteiger partial charge in [-0.25, -0.2) is 4.98 Å². The molecule has 1 heterocycles. The Balaban J connectivity index is 2.24. The van der Waals surface area contributed by atoms with Gasteiger partial charge < -0.3 is 10.2 Å². The molecule has 0 aliphatic rings. The second kappa shape index (κ2) is 5.09. The molecule has 0 unspecified atom stereocenters. The van der Waals surface area contributed by atoms with Crippen LogP contribution in [0.4, 0.5) is 0 Å². The Hall–Kier alpha value is -2.02. The van der Waals surface area contributed by atoms with E-state index in [2.05, 4.69) is 15.2 Å². The Morgan fingerprint density at radius 2 is 2.28 bits per heavy atom. The highest BCUT2D eigenvalue weighted by molar-refractivity contribution is 7.99. The molecule has 0 bridgehead atoms. The van der Waals surface area contributed by atoms with Crippen LogP contribution in [0.5, 0.6) is 5.75 Å². The zero-order valence-electron chi connectivity index (χ0n) is 9.54. The van der Waals surface area contributed by atoms with Crippen molar-refractivity contribution in [1.82, 2.24) is 15.2 Å². The van der Waals surface area contributed by atoms with E-state index >= 15 is 0 Å². The maximum Gasteiger partial charge on any atom is 0.313 e. The van der Waals surface area contributed by atoms with Crippen LogP contribution in [0.15, 0.2) is 23.4 Å². The van der Waals surface area contributed by atoms with Gasteiger partial charge in [-0.15, -0.1) is 5.10 Å². The second-order valence-corrected chi connectivity index (χ2v) is 4.54. The number of hydrogen-bond acceptors (Lipinski definition) is 5. The molecule has 94 valence electrons. The van der Waals surface area contributed by atoms with E-state index in [0.717, 1.165) is 17.3 Å². The third kappa shape index (κ3) is 2.62. The van der Waals surface area contributed by atoms with Crippen LogP contribution in [0.2, 0.25) is 0 Å². The predicted molar refractivity (Wildman–Crippen MR) is 66.6 cm³/mol.